The Hall–Kier alpha value is -2.50. The zero-order valence-corrected chi connectivity index (χ0v) is 9.68. The van der Waals surface area contributed by atoms with Crippen molar-refractivity contribution in [2.24, 2.45) is 0 Å². The van der Waals surface area contributed by atoms with E-state index in [9.17, 15) is 8.78 Å². The van der Waals surface area contributed by atoms with Gasteiger partial charge in [0.15, 0.2) is 0 Å². The van der Waals surface area contributed by atoms with Gasteiger partial charge in [-0.2, -0.15) is 8.78 Å². The number of H-pyrrole nitrogens is 1. The first-order valence-corrected chi connectivity index (χ1v) is 5.57. The lowest BCUT2D eigenvalue weighted by Gasteiger charge is -2.04. The highest BCUT2D eigenvalue weighted by molar-refractivity contribution is 5.78. The van der Waals surface area contributed by atoms with Crippen molar-refractivity contribution in [1.29, 1.82) is 0 Å². The maximum Gasteiger partial charge on any atom is 0.387 e. The molecule has 6 heteroatoms. The highest BCUT2D eigenvalue weighted by atomic mass is 19.3. The summed E-state index contributed by atoms with van der Waals surface area (Å²) in [6.07, 6.45) is 3.34. The predicted molar refractivity (Wildman–Crippen MR) is 66.0 cm³/mol. The molecule has 0 saturated carbocycles. The summed E-state index contributed by atoms with van der Waals surface area (Å²) < 4.78 is 28.4. The summed E-state index contributed by atoms with van der Waals surface area (Å²) in [5, 5.41) is 0. The fourth-order valence-electron chi connectivity index (χ4n) is 1.79. The molecule has 0 fully saturated rings. The molecule has 0 amide bonds. The van der Waals surface area contributed by atoms with E-state index in [-0.39, 0.29) is 5.75 Å². The number of hydrogen-bond donors (Lipinski definition) is 1. The second-order valence-electron chi connectivity index (χ2n) is 3.88. The van der Waals surface area contributed by atoms with Gasteiger partial charge in [-0.05, 0) is 30.3 Å². The van der Waals surface area contributed by atoms with E-state index in [0.29, 0.717) is 5.82 Å². The fraction of sp³-hybridized carbons (Fsp3) is 0.0769. The van der Waals surface area contributed by atoms with Gasteiger partial charge in [0.05, 0.1) is 17.2 Å². The number of ether oxygens (including phenoxy) is 1. The molecule has 19 heavy (non-hydrogen) atoms. The number of aromatic nitrogens is 3. The third-order valence-corrected chi connectivity index (χ3v) is 2.64. The number of fused-ring (bicyclic) bond motifs is 1. The van der Waals surface area contributed by atoms with E-state index in [4.69, 9.17) is 0 Å². The molecule has 1 N–H and O–H groups in total. The Morgan fingerprint density at radius 1 is 1.11 bits per heavy atom. The Bertz CT molecular complexity index is 661. The van der Waals surface area contributed by atoms with Gasteiger partial charge in [0.2, 0.25) is 0 Å². The fourth-order valence-corrected chi connectivity index (χ4v) is 1.79. The predicted octanol–water partition coefficient (Wildman–Crippen LogP) is 3.23. The van der Waals surface area contributed by atoms with Crippen molar-refractivity contribution in [1.82, 2.24) is 15.0 Å². The third-order valence-electron chi connectivity index (χ3n) is 2.64. The van der Waals surface area contributed by atoms with Crippen LogP contribution >= 0.6 is 0 Å². The van der Waals surface area contributed by atoms with Gasteiger partial charge < -0.3 is 9.72 Å². The van der Waals surface area contributed by atoms with Crippen LogP contribution in [0.2, 0.25) is 0 Å². The number of imidazole rings is 1. The number of pyridine rings is 1. The standard InChI is InChI=1S/C13H9F2N3O/c14-13(15)19-9-3-1-8(2-4-9)12-17-10-5-6-16-7-11(10)18-12/h1-7,13H,(H,17,18). The summed E-state index contributed by atoms with van der Waals surface area (Å²) in [6.45, 7) is -2.82. The molecule has 2 aromatic heterocycles. The zero-order chi connectivity index (χ0) is 13.2. The third kappa shape index (κ3) is 2.37. The molecule has 0 aliphatic rings. The van der Waals surface area contributed by atoms with E-state index in [0.717, 1.165) is 16.6 Å². The first kappa shape index (κ1) is 11.6. The number of alkyl halides is 2. The summed E-state index contributed by atoms with van der Waals surface area (Å²) in [6, 6.07) is 8.09. The van der Waals surface area contributed by atoms with Crippen LogP contribution in [0.5, 0.6) is 5.75 Å². The molecule has 0 spiro atoms. The maximum atomic E-state index is 12.0. The molecule has 3 aromatic rings. The van der Waals surface area contributed by atoms with Gasteiger partial charge >= 0.3 is 6.61 Å². The number of nitrogens with one attached hydrogen (secondary N) is 1. The molecule has 0 unspecified atom stereocenters. The van der Waals surface area contributed by atoms with Crippen molar-refractivity contribution in [3.8, 4) is 17.1 Å². The quantitative estimate of drug-likeness (QED) is 0.787. The van der Waals surface area contributed by atoms with Crippen LogP contribution in [0.15, 0.2) is 42.7 Å². The Balaban J connectivity index is 1.93. The molecule has 0 bridgehead atoms. The first-order chi connectivity index (χ1) is 9.22. The molecule has 0 aliphatic carbocycles. The molecule has 4 nitrogen and oxygen atoms in total. The molecular formula is C13H9F2N3O. The SMILES string of the molecule is FC(F)Oc1ccc(-c2nc3ccncc3[nH]2)cc1. The number of nitrogens with zero attached hydrogens (tertiary/aromatic N) is 2. The van der Waals surface area contributed by atoms with Crippen molar-refractivity contribution in [3.05, 3.63) is 42.7 Å². The first-order valence-electron chi connectivity index (χ1n) is 5.57. The minimum atomic E-state index is -2.82. The number of halogens is 2. The van der Waals surface area contributed by atoms with Crippen molar-refractivity contribution in [2.75, 3.05) is 0 Å². The maximum absolute atomic E-state index is 12.0. The van der Waals surface area contributed by atoms with Crippen LogP contribution in [0.3, 0.4) is 0 Å². The summed E-state index contributed by atoms with van der Waals surface area (Å²) in [4.78, 5) is 11.5. The summed E-state index contributed by atoms with van der Waals surface area (Å²) >= 11 is 0. The van der Waals surface area contributed by atoms with Gasteiger partial charge in [0.1, 0.15) is 11.6 Å². The average Bonchev–Trinajstić information content (AvgIpc) is 2.82. The van der Waals surface area contributed by atoms with Crippen molar-refractivity contribution in [3.63, 3.8) is 0 Å². The van der Waals surface area contributed by atoms with Gasteiger partial charge in [0.25, 0.3) is 0 Å². The molecule has 1 aromatic carbocycles. The number of hydrogen-bond acceptors (Lipinski definition) is 3. The van der Waals surface area contributed by atoms with Crippen LogP contribution in [-0.4, -0.2) is 21.6 Å². The van der Waals surface area contributed by atoms with Gasteiger partial charge in [0, 0.05) is 11.8 Å². The Morgan fingerprint density at radius 3 is 2.58 bits per heavy atom. The highest BCUT2D eigenvalue weighted by Crippen LogP contribution is 2.23. The van der Waals surface area contributed by atoms with E-state index < -0.39 is 6.61 Å². The molecule has 96 valence electrons. The van der Waals surface area contributed by atoms with Crippen LogP contribution in [0, 0.1) is 0 Å². The smallest absolute Gasteiger partial charge is 0.387 e. The van der Waals surface area contributed by atoms with Crippen LogP contribution in [-0.2, 0) is 0 Å². The second-order valence-corrected chi connectivity index (χ2v) is 3.88. The van der Waals surface area contributed by atoms with Gasteiger partial charge in [-0.25, -0.2) is 4.98 Å². The van der Waals surface area contributed by atoms with Crippen LogP contribution in [0.4, 0.5) is 8.78 Å². The minimum Gasteiger partial charge on any atom is -0.435 e. The second kappa shape index (κ2) is 4.64. The van der Waals surface area contributed by atoms with Crippen LogP contribution < -0.4 is 4.74 Å². The van der Waals surface area contributed by atoms with Gasteiger partial charge in [-0.3, -0.25) is 4.98 Å². The van der Waals surface area contributed by atoms with Crippen molar-refractivity contribution in [2.45, 2.75) is 6.61 Å². The highest BCUT2D eigenvalue weighted by Gasteiger charge is 2.07. The van der Waals surface area contributed by atoms with Crippen molar-refractivity contribution >= 4 is 11.0 Å². The van der Waals surface area contributed by atoms with Crippen LogP contribution in [0.25, 0.3) is 22.4 Å². The monoisotopic (exact) mass is 261 g/mol. The van der Waals surface area contributed by atoms with E-state index in [1.807, 2.05) is 0 Å². The summed E-state index contributed by atoms with van der Waals surface area (Å²) in [7, 11) is 0. The largest absolute Gasteiger partial charge is 0.435 e. The minimum absolute atomic E-state index is 0.122. The Morgan fingerprint density at radius 2 is 1.89 bits per heavy atom. The van der Waals surface area contributed by atoms with Crippen molar-refractivity contribution < 1.29 is 13.5 Å². The molecule has 3 rings (SSSR count). The lowest BCUT2D eigenvalue weighted by atomic mass is 10.2. The summed E-state index contributed by atoms with van der Waals surface area (Å²) in [5.74, 6) is 0.781. The molecule has 0 atom stereocenters. The Labute approximate surface area is 107 Å². The lowest BCUT2D eigenvalue weighted by molar-refractivity contribution is -0.0498. The number of rotatable bonds is 3. The van der Waals surface area contributed by atoms with Crippen LogP contribution in [0.1, 0.15) is 0 Å². The number of aromatic amines is 1. The molecule has 0 aliphatic heterocycles. The van der Waals surface area contributed by atoms with Gasteiger partial charge in [-0.1, -0.05) is 0 Å². The zero-order valence-electron chi connectivity index (χ0n) is 9.68. The van der Waals surface area contributed by atoms with E-state index in [1.54, 1.807) is 30.6 Å². The normalized spacial score (nSPS) is 11.1. The number of benzene rings is 1. The molecule has 2 heterocycles. The molecule has 0 radical (unpaired) electrons. The molecule has 0 saturated heterocycles. The van der Waals surface area contributed by atoms with E-state index in [1.165, 1.54) is 12.1 Å². The summed E-state index contributed by atoms with van der Waals surface area (Å²) in [5.41, 5.74) is 2.42. The Kier molecular flexibility index (Phi) is 2.83. The van der Waals surface area contributed by atoms with E-state index in [2.05, 4.69) is 19.7 Å². The van der Waals surface area contributed by atoms with Gasteiger partial charge in [-0.15, -0.1) is 0 Å². The lowest BCUT2D eigenvalue weighted by Crippen LogP contribution is -2.01. The van der Waals surface area contributed by atoms with E-state index >= 15 is 0 Å². The molecular weight excluding hydrogens is 252 g/mol. The topological polar surface area (TPSA) is 50.8 Å². The average molecular weight is 261 g/mol.